The number of nitrogens with zero attached hydrogens (tertiary/aromatic N) is 1. The lowest BCUT2D eigenvalue weighted by Gasteiger charge is -2.46. The molecule has 2 atom stereocenters. The molecule has 206 valence electrons. The molecule has 0 radical (unpaired) electrons. The minimum atomic E-state index is -1.01. The lowest BCUT2D eigenvalue weighted by Crippen LogP contribution is -2.57. The number of rotatable bonds is 6. The standard InChI is InChI=1S/C28H31ClN4O6/c1-38-26(36)30-20-9-6-18(7-10-20)24(34)31-23(14-17-4-2-5-17)25(35)33-13-3-12-28(16-33)21-15-19(29)8-11-22(21)32-27(37)39-28/h6-11,15,17,23H,2-5,12-14,16H2,1H3,(H,30,36)(H,31,34)(H,32,37)/t23-,28-/m0/s1. The summed E-state index contributed by atoms with van der Waals surface area (Å²) in [6.07, 6.45) is 3.71. The third-order valence-corrected chi connectivity index (χ3v) is 7.98. The fourth-order valence-corrected chi connectivity index (χ4v) is 5.67. The Morgan fingerprint density at radius 1 is 1.18 bits per heavy atom. The van der Waals surface area contributed by atoms with E-state index in [4.69, 9.17) is 16.3 Å². The molecule has 2 fully saturated rings. The van der Waals surface area contributed by atoms with E-state index in [1.54, 1.807) is 47.4 Å². The molecular weight excluding hydrogens is 524 g/mol. The second-order valence-electron chi connectivity index (χ2n) is 10.3. The van der Waals surface area contributed by atoms with Gasteiger partial charge in [-0.2, -0.15) is 0 Å². The molecule has 0 unspecified atom stereocenters. The molecule has 0 aromatic heterocycles. The van der Waals surface area contributed by atoms with Crippen LogP contribution in [0.25, 0.3) is 0 Å². The highest BCUT2D eigenvalue weighted by Gasteiger charge is 2.47. The summed E-state index contributed by atoms with van der Waals surface area (Å²) >= 11 is 6.28. The first-order valence-corrected chi connectivity index (χ1v) is 13.5. The molecule has 0 bridgehead atoms. The van der Waals surface area contributed by atoms with Crippen molar-refractivity contribution < 1.29 is 28.7 Å². The van der Waals surface area contributed by atoms with E-state index in [9.17, 15) is 19.2 Å². The summed E-state index contributed by atoms with van der Waals surface area (Å²) in [7, 11) is 1.27. The van der Waals surface area contributed by atoms with E-state index in [0.29, 0.717) is 53.7 Å². The zero-order chi connectivity index (χ0) is 27.6. The van der Waals surface area contributed by atoms with E-state index in [-0.39, 0.29) is 18.4 Å². The normalized spacial score (nSPS) is 21.1. The minimum absolute atomic E-state index is 0.178. The van der Waals surface area contributed by atoms with Gasteiger partial charge in [-0.05, 0) is 67.6 Å². The van der Waals surface area contributed by atoms with E-state index in [2.05, 4.69) is 20.7 Å². The SMILES string of the molecule is COC(=O)Nc1ccc(C(=O)N[C@@H](CC2CCC2)C(=O)N2CCC[C@@]3(C2)OC(=O)Nc2ccc(Cl)cc23)cc1. The molecule has 2 aromatic carbocycles. The predicted molar refractivity (Wildman–Crippen MR) is 145 cm³/mol. The fourth-order valence-electron chi connectivity index (χ4n) is 5.50. The molecule has 1 saturated heterocycles. The average molecular weight is 555 g/mol. The zero-order valence-corrected chi connectivity index (χ0v) is 22.4. The van der Waals surface area contributed by atoms with Crippen LogP contribution in [0.3, 0.4) is 0 Å². The zero-order valence-electron chi connectivity index (χ0n) is 21.6. The van der Waals surface area contributed by atoms with Crippen LogP contribution >= 0.6 is 11.6 Å². The third-order valence-electron chi connectivity index (χ3n) is 7.74. The number of benzene rings is 2. The van der Waals surface area contributed by atoms with Crippen LogP contribution < -0.4 is 16.0 Å². The molecule has 2 aromatic rings. The van der Waals surface area contributed by atoms with Crippen LogP contribution in [0.4, 0.5) is 21.0 Å². The Bertz CT molecular complexity index is 1280. The molecule has 3 N–H and O–H groups in total. The van der Waals surface area contributed by atoms with Gasteiger partial charge in [0.05, 0.1) is 19.3 Å². The van der Waals surface area contributed by atoms with Crippen LogP contribution in [0.1, 0.15) is 54.4 Å². The van der Waals surface area contributed by atoms with Crippen molar-refractivity contribution >= 4 is 47.0 Å². The van der Waals surface area contributed by atoms with E-state index in [1.165, 1.54) is 7.11 Å². The number of fused-ring (bicyclic) bond motifs is 2. The number of amides is 4. The summed E-state index contributed by atoms with van der Waals surface area (Å²) in [5.74, 6) is -0.216. The van der Waals surface area contributed by atoms with Crippen LogP contribution in [-0.2, 0) is 19.9 Å². The average Bonchev–Trinajstić information content (AvgIpc) is 2.90. The molecule has 39 heavy (non-hydrogen) atoms. The Morgan fingerprint density at radius 2 is 1.95 bits per heavy atom. The van der Waals surface area contributed by atoms with E-state index < -0.39 is 23.8 Å². The van der Waals surface area contributed by atoms with Gasteiger partial charge in [-0.3, -0.25) is 20.2 Å². The number of hydrogen-bond donors (Lipinski definition) is 3. The molecule has 2 heterocycles. The van der Waals surface area contributed by atoms with Crippen LogP contribution in [0.15, 0.2) is 42.5 Å². The number of likely N-dealkylation sites (tertiary alicyclic amines) is 1. The summed E-state index contributed by atoms with van der Waals surface area (Å²) in [6.45, 7) is 0.671. The van der Waals surface area contributed by atoms with Crippen molar-refractivity contribution in [2.24, 2.45) is 5.92 Å². The summed E-state index contributed by atoms with van der Waals surface area (Å²) in [6, 6.07) is 10.8. The number of hydrogen-bond acceptors (Lipinski definition) is 6. The number of methoxy groups -OCH3 is 1. The first kappa shape index (κ1) is 26.8. The molecule has 4 amide bonds. The highest BCUT2D eigenvalue weighted by atomic mass is 35.5. The van der Waals surface area contributed by atoms with Crippen molar-refractivity contribution in [2.45, 2.75) is 50.2 Å². The molecule has 5 rings (SSSR count). The highest BCUT2D eigenvalue weighted by Crippen LogP contribution is 2.43. The molecule has 1 saturated carbocycles. The van der Waals surface area contributed by atoms with E-state index >= 15 is 0 Å². The van der Waals surface area contributed by atoms with Gasteiger partial charge in [0.2, 0.25) is 5.91 Å². The van der Waals surface area contributed by atoms with Crippen LogP contribution in [0.2, 0.25) is 5.02 Å². The van der Waals surface area contributed by atoms with Crippen molar-refractivity contribution in [3.8, 4) is 0 Å². The number of nitrogens with one attached hydrogen (secondary N) is 3. The van der Waals surface area contributed by atoms with Crippen molar-refractivity contribution in [3.63, 3.8) is 0 Å². The van der Waals surface area contributed by atoms with Crippen molar-refractivity contribution in [2.75, 3.05) is 30.8 Å². The van der Waals surface area contributed by atoms with Crippen LogP contribution in [0.5, 0.6) is 0 Å². The Kier molecular flexibility index (Phi) is 7.65. The smallest absolute Gasteiger partial charge is 0.412 e. The largest absolute Gasteiger partial charge is 0.453 e. The first-order chi connectivity index (χ1) is 18.8. The Balaban J connectivity index is 1.34. The molecule has 1 spiro atoms. The van der Waals surface area contributed by atoms with E-state index in [0.717, 1.165) is 24.8 Å². The first-order valence-electron chi connectivity index (χ1n) is 13.1. The minimum Gasteiger partial charge on any atom is -0.453 e. The number of halogens is 1. The van der Waals surface area contributed by atoms with Gasteiger partial charge in [0, 0.05) is 28.4 Å². The summed E-state index contributed by atoms with van der Waals surface area (Å²) < 4.78 is 10.4. The second-order valence-corrected chi connectivity index (χ2v) is 10.8. The van der Waals surface area contributed by atoms with Crippen molar-refractivity contribution in [3.05, 3.63) is 58.6 Å². The lowest BCUT2D eigenvalue weighted by atomic mass is 9.80. The van der Waals surface area contributed by atoms with Crippen molar-refractivity contribution in [1.82, 2.24) is 10.2 Å². The quantitative estimate of drug-likeness (QED) is 0.467. The van der Waals surface area contributed by atoms with Crippen LogP contribution in [-0.4, -0.2) is 55.1 Å². The Labute approximate surface area is 231 Å². The Hall–Kier alpha value is -3.79. The maximum Gasteiger partial charge on any atom is 0.412 e. The van der Waals surface area contributed by atoms with Crippen molar-refractivity contribution in [1.29, 1.82) is 0 Å². The highest BCUT2D eigenvalue weighted by molar-refractivity contribution is 6.30. The molecule has 11 heteroatoms. The second kappa shape index (κ2) is 11.1. The summed E-state index contributed by atoms with van der Waals surface area (Å²) in [5, 5.41) is 8.72. The molecule has 2 aliphatic heterocycles. The van der Waals surface area contributed by atoms with Gasteiger partial charge in [0.15, 0.2) is 5.60 Å². The third kappa shape index (κ3) is 5.80. The molecule has 3 aliphatic rings. The van der Waals surface area contributed by atoms with Crippen LogP contribution in [0, 0.1) is 5.92 Å². The van der Waals surface area contributed by atoms with Gasteiger partial charge in [0.25, 0.3) is 5.91 Å². The molecular formula is C28H31ClN4O6. The molecule has 1 aliphatic carbocycles. The van der Waals surface area contributed by atoms with Gasteiger partial charge in [-0.1, -0.05) is 30.9 Å². The maximum absolute atomic E-state index is 13.9. The number of ether oxygens (including phenoxy) is 2. The number of anilines is 2. The number of piperidine rings is 1. The van der Waals surface area contributed by atoms with Gasteiger partial charge in [-0.15, -0.1) is 0 Å². The predicted octanol–water partition coefficient (Wildman–Crippen LogP) is 4.89. The van der Waals surface area contributed by atoms with Gasteiger partial charge >= 0.3 is 12.2 Å². The number of carbonyl (C=O) groups is 4. The molecule has 10 nitrogen and oxygen atoms in total. The maximum atomic E-state index is 13.9. The summed E-state index contributed by atoms with van der Waals surface area (Å²) in [4.78, 5) is 52.6. The number of carbonyl (C=O) groups excluding carboxylic acids is 4. The van der Waals surface area contributed by atoms with E-state index in [1.807, 2.05) is 0 Å². The van der Waals surface area contributed by atoms with Gasteiger partial charge in [0.1, 0.15) is 6.04 Å². The van der Waals surface area contributed by atoms with Gasteiger partial charge in [-0.25, -0.2) is 9.59 Å². The lowest BCUT2D eigenvalue weighted by molar-refractivity contribution is -0.141. The monoisotopic (exact) mass is 554 g/mol. The van der Waals surface area contributed by atoms with Gasteiger partial charge < -0.3 is 19.7 Å². The Morgan fingerprint density at radius 3 is 2.64 bits per heavy atom. The summed E-state index contributed by atoms with van der Waals surface area (Å²) in [5.41, 5.74) is 1.20. The fraction of sp³-hybridized carbons (Fsp3) is 0.429. The topological polar surface area (TPSA) is 126 Å².